The van der Waals surface area contributed by atoms with Gasteiger partial charge in [0.05, 0.1) is 12.1 Å². The van der Waals surface area contributed by atoms with Gasteiger partial charge in [0.15, 0.2) is 0 Å². The molecule has 1 amide bonds. The van der Waals surface area contributed by atoms with Gasteiger partial charge in [0.2, 0.25) is 5.91 Å². The fraction of sp³-hybridized carbons (Fsp3) is 0.368. The van der Waals surface area contributed by atoms with Crippen LogP contribution in [-0.2, 0) is 4.79 Å². The van der Waals surface area contributed by atoms with E-state index in [-0.39, 0.29) is 30.3 Å². The molecule has 1 aromatic heterocycles. The minimum absolute atomic E-state index is 0. The van der Waals surface area contributed by atoms with E-state index in [1.54, 1.807) is 6.20 Å². The molecule has 4 nitrogen and oxygen atoms in total. The van der Waals surface area contributed by atoms with E-state index in [0.29, 0.717) is 0 Å². The van der Waals surface area contributed by atoms with Crippen LogP contribution in [0.2, 0.25) is 0 Å². The van der Waals surface area contributed by atoms with Crippen molar-refractivity contribution < 1.29 is 4.79 Å². The van der Waals surface area contributed by atoms with Gasteiger partial charge in [-0.15, -0.1) is 12.4 Å². The lowest BCUT2D eigenvalue weighted by atomic mass is 9.98. The topological polar surface area (TPSA) is 68.0 Å². The molecule has 5 heteroatoms. The van der Waals surface area contributed by atoms with Crippen molar-refractivity contribution in [3.8, 4) is 11.1 Å². The quantitative estimate of drug-likeness (QED) is 0.836. The van der Waals surface area contributed by atoms with E-state index < -0.39 is 6.04 Å². The predicted octanol–water partition coefficient (Wildman–Crippen LogP) is 3.72. The van der Waals surface area contributed by atoms with Crippen LogP contribution in [-0.4, -0.2) is 16.9 Å². The van der Waals surface area contributed by atoms with E-state index in [1.165, 1.54) is 0 Å². The van der Waals surface area contributed by atoms with E-state index in [9.17, 15) is 4.79 Å². The van der Waals surface area contributed by atoms with Gasteiger partial charge >= 0.3 is 0 Å². The number of hydrogen-bond donors (Lipinski definition) is 2. The monoisotopic (exact) mass is 347 g/mol. The number of halogens is 1. The Bertz CT molecular complexity index is 631. The Kier molecular flexibility index (Phi) is 7.89. The Balaban J connectivity index is 0.00000288. The van der Waals surface area contributed by atoms with E-state index >= 15 is 0 Å². The van der Waals surface area contributed by atoms with E-state index in [4.69, 9.17) is 5.73 Å². The van der Waals surface area contributed by atoms with Crippen molar-refractivity contribution in [1.82, 2.24) is 10.3 Å². The van der Waals surface area contributed by atoms with Gasteiger partial charge in [-0.05, 0) is 35.6 Å². The Hall–Kier alpha value is -1.91. The van der Waals surface area contributed by atoms with E-state index in [0.717, 1.165) is 23.1 Å². The second-order valence-corrected chi connectivity index (χ2v) is 6.01. The molecule has 2 aromatic rings. The van der Waals surface area contributed by atoms with Crippen LogP contribution in [0, 0.1) is 5.92 Å². The zero-order valence-electron chi connectivity index (χ0n) is 14.4. The fourth-order valence-corrected chi connectivity index (χ4v) is 2.40. The lowest BCUT2D eigenvalue weighted by Crippen LogP contribution is -2.45. The van der Waals surface area contributed by atoms with Crippen molar-refractivity contribution in [2.75, 3.05) is 0 Å². The molecule has 3 N–H and O–H groups in total. The van der Waals surface area contributed by atoms with Crippen LogP contribution in [0.15, 0.2) is 48.8 Å². The van der Waals surface area contributed by atoms with Gasteiger partial charge in [-0.25, -0.2) is 0 Å². The molecule has 0 spiro atoms. The number of rotatable bonds is 6. The number of nitrogens with one attached hydrogen (secondary N) is 1. The number of nitrogens with zero attached hydrogens (tertiary/aromatic N) is 1. The number of amides is 1. The highest BCUT2D eigenvalue weighted by atomic mass is 35.5. The highest BCUT2D eigenvalue weighted by Gasteiger charge is 2.21. The minimum Gasteiger partial charge on any atom is -0.348 e. The van der Waals surface area contributed by atoms with Crippen LogP contribution in [0.3, 0.4) is 0 Å². The minimum atomic E-state index is -0.461. The molecule has 3 unspecified atom stereocenters. The number of nitrogens with two attached hydrogens (primary N) is 1. The second-order valence-electron chi connectivity index (χ2n) is 6.01. The first-order valence-corrected chi connectivity index (χ1v) is 8.09. The summed E-state index contributed by atoms with van der Waals surface area (Å²) in [6.07, 6.45) is 4.49. The summed E-state index contributed by atoms with van der Waals surface area (Å²) < 4.78 is 0. The molecule has 2 rings (SSSR count). The smallest absolute Gasteiger partial charge is 0.237 e. The summed E-state index contributed by atoms with van der Waals surface area (Å²) in [7, 11) is 0. The first-order valence-electron chi connectivity index (χ1n) is 8.09. The number of aromatic nitrogens is 1. The lowest BCUT2D eigenvalue weighted by Gasteiger charge is -2.21. The summed E-state index contributed by atoms with van der Waals surface area (Å²) in [5.74, 6) is 0.0818. The molecule has 3 atom stereocenters. The van der Waals surface area contributed by atoms with Crippen LogP contribution in [0.25, 0.3) is 11.1 Å². The summed E-state index contributed by atoms with van der Waals surface area (Å²) in [5, 5.41) is 2.99. The van der Waals surface area contributed by atoms with E-state index in [2.05, 4.69) is 10.3 Å². The summed E-state index contributed by atoms with van der Waals surface area (Å²) in [4.78, 5) is 16.3. The summed E-state index contributed by atoms with van der Waals surface area (Å²) in [6.45, 7) is 6.01. The third kappa shape index (κ3) is 5.05. The average Bonchev–Trinajstić information content (AvgIpc) is 2.61. The maximum atomic E-state index is 12.2. The predicted molar refractivity (Wildman–Crippen MR) is 101 cm³/mol. The van der Waals surface area contributed by atoms with Crippen molar-refractivity contribution in [2.45, 2.75) is 39.3 Å². The van der Waals surface area contributed by atoms with Gasteiger partial charge in [-0.1, -0.05) is 50.6 Å². The Labute approximate surface area is 150 Å². The van der Waals surface area contributed by atoms with Crippen molar-refractivity contribution in [2.24, 2.45) is 11.7 Å². The molecule has 0 fully saturated rings. The van der Waals surface area contributed by atoms with Gasteiger partial charge in [-0.2, -0.15) is 0 Å². The number of carbonyl (C=O) groups is 1. The summed E-state index contributed by atoms with van der Waals surface area (Å²) in [5.41, 5.74) is 9.22. The highest BCUT2D eigenvalue weighted by molar-refractivity contribution is 5.85. The van der Waals surface area contributed by atoms with Gasteiger partial charge in [0.1, 0.15) is 0 Å². The Morgan fingerprint density at radius 3 is 2.38 bits per heavy atom. The molecular weight excluding hydrogens is 322 g/mol. The van der Waals surface area contributed by atoms with Crippen LogP contribution >= 0.6 is 12.4 Å². The zero-order valence-corrected chi connectivity index (χ0v) is 15.2. The molecule has 1 heterocycles. The first kappa shape index (κ1) is 20.1. The fourth-order valence-electron chi connectivity index (χ4n) is 2.40. The maximum Gasteiger partial charge on any atom is 0.237 e. The molecule has 0 aliphatic heterocycles. The van der Waals surface area contributed by atoms with Crippen molar-refractivity contribution >= 4 is 18.3 Å². The molecule has 0 aliphatic carbocycles. The van der Waals surface area contributed by atoms with Gasteiger partial charge in [-0.3, -0.25) is 9.78 Å². The molecule has 0 saturated carbocycles. The molecule has 0 aliphatic rings. The third-order valence-electron chi connectivity index (χ3n) is 4.32. The summed E-state index contributed by atoms with van der Waals surface area (Å²) in [6, 6.07) is 11.6. The zero-order chi connectivity index (χ0) is 16.8. The molecular formula is C19H26ClN3O. The van der Waals surface area contributed by atoms with Crippen molar-refractivity contribution in [3.05, 3.63) is 54.4 Å². The average molecular weight is 348 g/mol. The van der Waals surface area contributed by atoms with Crippen LogP contribution < -0.4 is 11.1 Å². The van der Waals surface area contributed by atoms with Gasteiger partial charge < -0.3 is 11.1 Å². The Morgan fingerprint density at radius 2 is 1.83 bits per heavy atom. The largest absolute Gasteiger partial charge is 0.348 e. The molecule has 0 saturated heterocycles. The van der Waals surface area contributed by atoms with Crippen molar-refractivity contribution in [3.63, 3.8) is 0 Å². The number of pyridine rings is 1. The number of benzene rings is 1. The normalized spacial score (nSPS) is 14.2. The maximum absolute atomic E-state index is 12.2. The van der Waals surface area contributed by atoms with Gasteiger partial charge in [0.25, 0.3) is 0 Å². The molecule has 130 valence electrons. The van der Waals surface area contributed by atoms with Gasteiger partial charge in [0, 0.05) is 12.4 Å². The molecule has 0 bridgehead atoms. The highest BCUT2D eigenvalue weighted by Crippen LogP contribution is 2.21. The molecule has 24 heavy (non-hydrogen) atoms. The SMILES string of the molecule is CCC(C)C(N)C(=O)NC(C)c1ccc(-c2cccnc2)cc1.Cl. The molecule has 0 radical (unpaired) electrons. The summed E-state index contributed by atoms with van der Waals surface area (Å²) >= 11 is 0. The third-order valence-corrected chi connectivity index (χ3v) is 4.32. The Morgan fingerprint density at radius 1 is 1.17 bits per heavy atom. The van der Waals surface area contributed by atoms with Crippen LogP contribution in [0.1, 0.15) is 38.8 Å². The van der Waals surface area contributed by atoms with Crippen LogP contribution in [0.4, 0.5) is 0 Å². The number of hydrogen-bond acceptors (Lipinski definition) is 3. The lowest BCUT2D eigenvalue weighted by molar-refractivity contribution is -0.124. The van der Waals surface area contributed by atoms with Crippen LogP contribution in [0.5, 0.6) is 0 Å². The number of carbonyl (C=O) groups excluding carboxylic acids is 1. The standard InChI is InChI=1S/C19H25N3O.ClH/c1-4-13(2)18(20)19(23)22-14(3)15-7-9-16(10-8-15)17-6-5-11-21-12-17;/h5-14,18H,4,20H2,1-3H3,(H,22,23);1H. The molecule has 1 aromatic carbocycles. The van der Waals surface area contributed by atoms with Crippen molar-refractivity contribution in [1.29, 1.82) is 0 Å². The first-order chi connectivity index (χ1) is 11.0. The second kappa shape index (κ2) is 9.40. The van der Waals surface area contributed by atoms with E-state index in [1.807, 2.05) is 63.4 Å².